The Morgan fingerprint density at radius 2 is 1.12 bits per heavy atom. The maximum atomic E-state index is 9.09. The van der Waals surface area contributed by atoms with Gasteiger partial charge < -0.3 is 0 Å². The topological polar surface area (TPSA) is 47.6 Å². The monoisotopic (exact) mass is 316 g/mol. The van der Waals surface area contributed by atoms with E-state index in [-0.39, 0.29) is 10.8 Å². The molecular weight excluding hydrogens is 292 g/mol. The molecule has 0 atom stereocenters. The molecule has 0 fully saturated rings. The van der Waals surface area contributed by atoms with Gasteiger partial charge in [-0.05, 0) is 47.2 Å². The van der Waals surface area contributed by atoms with Crippen LogP contribution in [0, 0.1) is 28.1 Å². The van der Waals surface area contributed by atoms with Crippen molar-refractivity contribution in [2.75, 3.05) is 0 Å². The van der Waals surface area contributed by atoms with Gasteiger partial charge in [0.15, 0.2) is 0 Å². The van der Waals surface area contributed by atoms with E-state index in [0.717, 1.165) is 12.8 Å². The summed E-state index contributed by atoms with van der Waals surface area (Å²) >= 11 is 0. The Hall–Kier alpha value is -2.58. The van der Waals surface area contributed by atoms with Gasteiger partial charge in [0.1, 0.15) is 0 Å². The molecule has 0 bridgehead atoms. The molecule has 122 valence electrons. The Morgan fingerprint density at radius 1 is 0.750 bits per heavy atom. The van der Waals surface area contributed by atoms with Gasteiger partial charge in [0.2, 0.25) is 0 Å². The van der Waals surface area contributed by atoms with Crippen molar-refractivity contribution < 1.29 is 0 Å². The fourth-order valence-corrected chi connectivity index (χ4v) is 3.73. The molecule has 2 aromatic rings. The van der Waals surface area contributed by atoms with Crippen molar-refractivity contribution in [2.45, 2.75) is 46.0 Å². The van der Waals surface area contributed by atoms with Gasteiger partial charge in [-0.2, -0.15) is 10.5 Å². The quantitative estimate of drug-likeness (QED) is 0.741. The second-order valence-electron chi connectivity index (χ2n) is 7.28. The lowest BCUT2D eigenvalue weighted by Gasteiger charge is -2.46. The molecule has 0 spiro atoms. The van der Waals surface area contributed by atoms with Crippen LogP contribution in [-0.2, 0) is 5.41 Å². The van der Waals surface area contributed by atoms with Crippen LogP contribution in [-0.4, -0.2) is 0 Å². The zero-order valence-electron chi connectivity index (χ0n) is 14.9. The Kier molecular flexibility index (Phi) is 5.10. The first kappa shape index (κ1) is 17.8. The van der Waals surface area contributed by atoms with E-state index in [1.165, 1.54) is 11.1 Å². The normalized spacial score (nSPS) is 11.6. The van der Waals surface area contributed by atoms with Gasteiger partial charge >= 0.3 is 0 Å². The van der Waals surface area contributed by atoms with Crippen molar-refractivity contribution in [3.05, 3.63) is 70.8 Å². The highest BCUT2D eigenvalue weighted by Gasteiger charge is 2.44. The minimum atomic E-state index is -0.163. The standard InChI is InChI=1S/C22H24N2/c1-5-14-22(21(2,3)4,19-10-6-17(15-23)7-11-19)20-12-8-18(16-24)9-13-20/h6-13H,5,14H2,1-4H3. The van der Waals surface area contributed by atoms with Gasteiger partial charge in [0.05, 0.1) is 23.3 Å². The largest absolute Gasteiger partial charge is 0.192 e. The lowest BCUT2D eigenvalue weighted by molar-refractivity contribution is 0.211. The van der Waals surface area contributed by atoms with E-state index in [1.807, 2.05) is 24.3 Å². The van der Waals surface area contributed by atoms with E-state index >= 15 is 0 Å². The summed E-state index contributed by atoms with van der Waals surface area (Å²) in [5, 5.41) is 18.2. The summed E-state index contributed by atoms with van der Waals surface area (Å²) in [4.78, 5) is 0. The molecule has 2 heteroatoms. The zero-order valence-corrected chi connectivity index (χ0v) is 14.9. The van der Waals surface area contributed by atoms with E-state index in [0.29, 0.717) is 11.1 Å². The van der Waals surface area contributed by atoms with Gasteiger partial charge in [0.25, 0.3) is 0 Å². The second-order valence-corrected chi connectivity index (χ2v) is 7.28. The minimum absolute atomic E-state index is 0.00860. The first-order valence-electron chi connectivity index (χ1n) is 8.40. The van der Waals surface area contributed by atoms with Crippen molar-refractivity contribution in [2.24, 2.45) is 5.41 Å². The number of hydrogen-bond acceptors (Lipinski definition) is 2. The van der Waals surface area contributed by atoms with Crippen LogP contribution in [0.15, 0.2) is 48.5 Å². The predicted octanol–water partition coefficient (Wildman–Crippen LogP) is 5.56. The van der Waals surface area contributed by atoms with Crippen LogP contribution in [0.3, 0.4) is 0 Å². The third kappa shape index (κ3) is 3.06. The maximum absolute atomic E-state index is 9.09. The average molecular weight is 316 g/mol. The SMILES string of the molecule is CCCC(c1ccc(C#N)cc1)(c1ccc(C#N)cc1)C(C)(C)C. The van der Waals surface area contributed by atoms with Gasteiger partial charge in [0, 0.05) is 5.41 Å². The summed E-state index contributed by atoms with van der Waals surface area (Å²) in [5.74, 6) is 0. The maximum Gasteiger partial charge on any atom is 0.0991 e. The van der Waals surface area contributed by atoms with Crippen LogP contribution in [0.4, 0.5) is 0 Å². The molecule has 0 unspecified atom stereocenters. The van der Waals surface area contributed by atoms with Crippen LogP contribution in [0.1, 0.15) is 62.8 Å². The molecule has 2 nitrogen and oxygen atoms in total. The predicted molar refractivity (Wildman–Crippen MR) is 97.5 cm³/mol. The van der Waals surface area contributed by atoms with Crippen molar-refractivity contribution in [3.8, 4) is 12.1 Å². The van der Waals surface area contributed by atoms with Gasteiger partial charge in [-0.3, -0.25) is 0 Å². The van der Waals surface area contributed by atoms with Crippen LogP contribution in [0.5, 0.6) is 0 Å². The van der Waals surface area contributed by atoms with E-state index in [9.17, 15) is 0 Å². The fraction of sp³-hybridized carbons (Fsp3) is 0.364. The highest BCUT2D eigenvalue weighted by Crippen LogP contribution is 2.50. The van der Waals surface area contributed by atoms with Gasteiger partial charge in [-0.15, -0.1) is 0 Å². The molecule has 0 amide bonds. The second kappa shape index (κ2) is 6.90. The number of benzene rings is 2. The lowest BCUT2D eigenvalue weighted by Crippen LogP contribution is -2.41. The summed E-state index contributed by atoms with van der Waals surface area (Å²) in [6, 6.07) is 20.3. The van der Waals surface area contributed by atoms with Crippen LogP contribution < -0.4 is 0 Å². The molecule has 24 heavy (non-hydrogen) atoms. The molecule has 0 heterocycles. The van der Waals surface area contributed by atoms with Crippen molar-refractivity contribution in [1.29, 1.82) is 10.5 Å². The lowest BCUT2D eigenvalue weighted by atomic mass is 9.57. The molecule has 0 aliphatic rings. The molecule has 0 saturated carbocycles. The van der Waals surface area contributed by atoms with Crippen LogP contribution in [0.2, 0.25) is 0 Å². The Balaban J connectivity index is 2.71. The minimum Gasteiger partial charge on any atom is -0.192 e. The molecule has 0 radical (unpaired) electrons. The summed E-state index contributed by atoms with van der Waals surface area (Å²) in [6.07, 6.45) is 2.06. The molecule has 0 N–H and O–H groups in total. The Labute approximate surface area is 145 Å². The summed E-state index contributed by atoms with van der Waals surface area (Å²) in [7, 11) is 0. The number of hydrogen-bond donors (Lipinski definition) is 0. The number of nitrogens with zero attached hydrogens (tertiary/aromatic N) is 2. The summed E-state index contributed by atoms with van der Waals surface area (Å²) in [5.41, 5.74) is 3.63. The van der Waals surface area contributed by atoms with Crippen LogP contribution in [0.25, 0.3) is 0 Å². The molecule has 2 rings (SSSR count). The zero-order chi connectivity index (χ0) is 17.8. The molecule has 0 aliphatic carbocycles. The summed E-state index contributed by atoms with van der Waals surface area (Å²) in [6.45, 7) is 8.99. The first-order valence-corrected chi connectivity index (χ1v) is 8.40. The number of nitriles is 2. The molecule has 2 aromatic carbocycles. The first-order chi connectivity index (χ1) is 11.4. The van der Waals surface area contributed by atoms with Crippen molar-refractivity contribution in [3.63, 3.8) is 0 Å². The third-order valence-electron chi connectivity index (χ3n) is 4.92. The van der Waals surface area contributed by atoms with Crippen molar-refractivity contribution in [1.82, 2.24) is 0 Å². The highest BCUT2D eigenvalue weighted by molar-refractivity contribution is 5.46. The van der Waals surface area contributed by atoms with Crippen LogP contribution >= 0.6 is 0 Å². The third-order valence-corrected chi connectivity index (χ3v) is 4.92. The smallest absolute Gasteiger partial charge is 0.0991 e. The fourth-order valence-electron chi connectivity index (χ4n) is 3.73. The molecule has 0 saturated heterocycles. The average Bonchev–Trinajstić information content (AvgIpc) is 2.59. The highest BCUT2D eigenvalue weighted by atomic mass is 14.5. The van der Waals surface area contributed by atoms with E-state index in [1.54, 1.807) is 0 Å². The van der Waals surface area contributed by atoms with E-state index in [2.05, 4.69) is 64.1 Å². The van der Waals surface area contributed by atoms with Gasteiger partial charge in [-0.1, -0.05) is 58.4 Å². The summed E-state index contributed by atoms with van der Waals surface area (Å²) < 4.78 is 0. The van der Waals surface area contributed by atoms with Gasteiger partial charge in [-0.25, -0.2) is 0 Å². The van der Waals surface area contributed by atoms with Crippen molar-refractivity contribution >= 4 is 0 Å². The Bertz CT molecular complexity index is 706. The number of rotatable bonds is 4. The van der Waals surface area contributed by atoms with E-state index in [4.69, 9.17) is 10.5 Å². The molecular formula is C22H24N2. The molecule has 0 aromatic heterocycles. The molecule has 0 aliphatic heterocycles. The van der Waals surface area contributed by atoms with E-state index < -0.39 is 0 Å². The Morgan fingerprint density at radius 3 is 1.38 bits per heavy atom.